The molecule has 1 atom stereocenters. The summed E-state index contributed by atoms with van der Waals surface area (Å²) >= 11 is 0. The lowest BCUT2D eigenvalue weighted by Gasteiger charge is -2.35. The van der Waals surface area contributed by atoms with E-state index < -0.39 is 0 Å². The van der Waals surface area contributed by atoms with Gasteiger partial charge in [0.2, 0.25) is 0 Å². The maximum atomic E-state index is 9.51. The van der Waals surface area contributed by atoms with Crippen LogP contribution in [0.1, 0.15) is 65.7 Å². The Bertz CT molecular complexity index is 251. The Balaban J connectivity index is 2.24. The van der Waals surface area contributed by atoms with Gasteiger partial charge in [-0.15, -0.1) is 0 Å². The second-order valence-corrected chi connectivity index (χ2v) is 6.92. The molecule has 0 heterocycles. The van der Waals surface area contributed by atoms with Crippen molar-refractivity contribution in [3.05, 3.63) is 0 Å². The number of nitrogens with zero attached hydrogens (tertiary/aromatic N) is 1. The van der Waals surface area contributed by atoms with Gasteiger partial charge in [-0.05, 0) is 71.5 Å². The summed E-state index contributed by atoms with van der Waals surface area (Å²) in [6.07, 6.45) is 9.14. The van der Waals surface area contributed by atoms with E-state index in [4.69, 9.17) is 0 Å². The van der Waals surface area contributed by atoms with Gasteiger partial charge in [0.25, 0.3) is 0 Å². The van der Waals surface area contributed by atoms with Crippen LogP contribution >= 0.6 is 0 Å². The number of aliphatic hydroxyl groups excluding tert-OH is 1. The van der Waals surface area contributed by atoms with Gasteiger partial charge in [0.05, 0.1) is 6.61 Å². The first kappa shape index (κ1) is 17.9. The van der Waals surface area contributed by atoms with Crippen LogP contribution in [0.25, 0.3) is 0 Å². The molecule has 0 saturated heterocycles. The van der Waals surface area contributed by atoms with Crippen LogP contribution in [0, 0.1) is 5.92 Å². The van der Waals surface area contributed by atoms with E-state index in [2.05, 4.69) is 38.0 Å². The fourth-order valence-electron chi connectivity index (χ4n) is 3.55. The van der Waals surface area contributed by atoms with E-state index in [1.165, 1.54) is 32.1 Å². The van der Waals surface area contributed by atoms with E-state index in [1.807, 2.05) is 0 Å². The molecule has 0 aromatic heterocycles. The van der Waals surface area contributed by atoms with Crippen LogP contribution in [-0.4, -0.2) is 48.3 Å². The fourth-order valence-corrected chi connectivity index (χ4v) is 3.55. The van der Waals surface area contributed by atoms with E-state index in [1.54, 1.807) is 0 Å². The predicted octanol–water partition coefficient (Wildman–Crippen LogP) is 3.03. The first-order chi connectivity index (χ1) is 9.54. The summed E-state index contributed by atoms with van der Waals surface area (Å²) in [5.74, 6) is 0.978. The zero-order valence-corrected chi connectivity index (χ0v) is 14.1. The molecule has 0 bridgehead atoms. The van der Waals surface area contributed by atoms with Gasteiger partial charge in [0.1, 0.15) is 0 Å². The molecule has 2 N–H and O–H groups in total. The van der Waals surface area contributed by atoms with Crippen LogP contribution in [-0.2, 0) is 0 Å². The van der Waals surface area contributed by atoms with Crippen LogP contribution < -0.4 is 5.32 Å². The summed E-state index contributed by atoms with van der Waals surface area (Å²) in [6.45, 7) is 8.86. The van der Waals surface area contributed by atoms with Crippen molar-refractivity contribution in [1.29, 1.82) is 0 Å². The zero-order valence-electron chi connectivity index (χ0n) is 14.1. The highest BCUT2D eigenvalue weighted by Gasteiger charge is 2.24. The molecule has 1 saturated carbocycles. The molecule has 0 aromatic rings. The molecule has 3 nitrogen and oxygen atoms in total. The van der Waals surface area contributed by atoms with Gasteiger partial charge < -0.3 is 15.3 Å². The van der Waals surface area contributed by atoms with Gasteiger partial charge >= 0.3 is 0 Å². The molecule has 0 aliphatic heterocycles. The fraction of sp³-hybridized carbons (Fsp3) is 1.00. The Morgan fingerprint density at radius 1 is 1.20 bits per heavy atom. The number of hydrogen-bond acceptors (Lipinski definition) is 3. The van der Waals surface area contributed by atoms with Gasteiger partial charge in [-0.3, -0.25) is 0 Å². The Morgan fingerprint density at radius 2 is 1.85 bits per heavy atom. The normalized spacial score (nSPS) is 26.7. The maximum absolute atomic E-state index is 9.51. The molecule has 0 aromatic carbocycles. The highest BCUT2D eigenvalue weighted by atomic mass is 16.3. The molecule has 3 heteroatoms. The third-order valence-electron chi connectivity index (χ3n) is 5.21. The minimum absolute atomic E-state index is 0.102. The maximum Gasteiger partial charge on any atom is 0.0610 e. The van der Waals surface area contributed by atoms with Gasteiger partial charge in [0.15, 0.2) is 0 Å². The van der Waals surface area contributed by atoms with Crippen molar-refractivity contribution >= 4 is 0 Å². The van der Waals surface area contributed by atoms with Crippen LogP contribution in [0.3, 0.4) is 0 Å². The van der Waals surface area contributed by atoms with E-state index >= 15 is 0 Å². The summed E-state index contributed by atoms with van der Waals surface area (Å²) in [7, 11) is 2.28. The van der Waals surface area contributed by atoms with Crippen LogP contribution in [0.5, 0.6) is 0 Å². The second kappa shape index (κ2) is 9.01. The molecule has 120 valence electrons. The van der Waals surface area contributed by atoms with Gasteiger partial charge in [0, 0.05) is 11.6 Å². The highest BCUT2D eigenvalue weighted by Crippen LogP contribution is 2.29. The van der Waals surface area contributed by atoms with Crippen molar-refractivity contribution in [2.75, 3.05) is 26.7 Å². The Labute approximate surface area is 126 Å². The minimum Gasteiger partial charge on any atom is -0.394 e. The van der Waals surface area contributed by atoms with E-state index in [9.17, 15) is 5.11 Å². The van der Waals surface area contributed by atoms with Gasteiger partial charge in [-0.25, -0.2) is 0 Å². The topological polar surface area (TPSA) is 35.5 Å². The molecule has 0 radical (unpaired) electrons. The Hall–Kier alpha value is -0.120. The lowest BCUT2D eigenvalue weighted by Crippen LogP contribution is -2.46. The monoisotopic (exact) mass is 284 g/mol. The lowest BCUT2D eigenvalue weighted by atomic mass is 9.84. The number of nitrogens with one attached hydrogen (secondary N) is 1. The van der Waals surface area contributed by atoms with Crippen molar-refractivity contribution in [3.8, 4) is 0 Å². The third-order valence-corrected chi connectivity index (χ3v) is 5.21. The standard InChI is InChI=1S/C17H36N2O/c1-5-15-8-10-16(11-9-15)19(4)13-7-12-17(3,14-20)18-6-2/h15-16,18,20H,5-14H2,1-4H3. The van der Waals surface area contributed by atoms with Gasteiger partial charge in [-0.2, -0.15) is 0 Å². The zero-order chi connectivity index (χ0) is 15.0. The summed E-state index contributed by atoms with van der Waals surface area (Å²) in [4.78, 5) is 2.55. The molecule has 1 aliphatic rings. The van der Waals surface area contributed by atoms with Gasteiger partial charge in [-0.1, -0.05) is 20.3 Å². The van der Waals surface area contributed by atoms with E-state index in [-0.39, 0.29) is 12.1 Å². The molecule has 1 fully saturated rings. The molecule has 1 rings (SSSR count). The molecular weight excluding hydrogens is 248 g/mol. The largest absolute Gasteiger partial charge is 0.394 e. The number of aliphatic hydroxyl groups is 1. The average Bonchev–Trinajstić information content (AvgIpc) is 2.47. The molecule has 1 aliphatic carbocycles. The summed E-state index contributed by atoms with van der Waals surface area (Å²) < 4.78 is 0. The molecule has 1 unspecified atom stereocenters. The summed E-state index contributed by atoms with van der Waals surface area (Å²) in [5.41, 5.74) is -0.102. The summed E-state index contributed by atoms with van der Waals surface area (Å²) in [6, 6.07) is 0.789. The average molecular weight is 284 g/mol. The molecule has 0 spiro atoms. The van der Waals surface area contributed by atoms with Crippen molar-refractivity contribution in [1.82, 2.24) is 10.2 Å². The number of hydrogen-bond donors (Lipinski definition) is 2. The first-order valence-electron chi connectivity index (χ1n) is 8.60. The Morgan fingerprint density at radius 3 is 2.35 bits per heavy atom. The molecular formula is C17H36N2O. The quantitative estimate of drug-likeness (QED) is 0.683. The lowest BCUT2D eigenvalue weighted by molar-refractivity contribution is 0.139. The Kier molecular flexibility index (Phi) is 8.08. The van der Waals surface area contributed by atoms with Crippen LogP contribution in [0.15, 0.2) is 0 Å². The highest BCUT2D eigenvalue weighted by molar-refractivity contribution is 4.83. The number of likely N-dealkylation sites (N-methyl/N-ethyl adjacent to an activating group) is 1. The summed E-state index contributed by atoms with van der Waals surface area (Å²) in [5, 5.41) is 12.9. The predicted molar refractivity (Wildman–Crippen MR) is 87.1 cm³/mol. The second-order valence-electron chi connectivity index (χ2n) is 6.92. The van der Waals surface area contributed by atoms with Crippen molar-refractivity contribution in [2.45, 2.75) is 77.3 Å². The van der Waals surface area contributed by atoms with Crippen LogP contribution in [0.2, 0.25) is 0 Å². The number of rotatable bonds is 9. The first-order valence-corrected chi connectivity index (χ1v) is 8.60. The SMILES string of the molecule is CCNC(C)(CO)CCCN(C)C1CCC(CC)CC1. The van der Waals surface area contributed by atoms with Crippen molar-refractivity contribution in [2.24, 2.45) is 5.92 Å². The van der Waals surface area contributed by atoms with Crippen molar-refractivity contribution in [3.63, 3.8) is 0 Å². The minimum atomic E-state index is -0.102. The molecule has 20 heavy (non-hydrogen) atoms. The van der Waals surface area contributed by atoms with E-state index in [0.717, 1.165) is 37.9 Å². The van der Waals surface area contributed by atoms with Crippen molar-refractivity contribution < 1.29 is 5.11 Å². The third kappa shape index (κ3) is 5.71. The molecule has 0 amide bonds. The van der Waals surface area contributed by atoms with Crippen LogP contribution in [0.4, 0.5) is 0 Å². The van der Waals surface area contributed by atoms with E-state index in [0.29, 0.717) is 0 Å². The smallest absolute Gasteiger partial charge is 0.0610 e.